The molecule has 0 unspecified atom stereocenters. The fraction of sp³-hybridized carbons (Fsp3) is 0.235. The highest BCUT2D eigenvalue weighted by atomic mass is 32.2. The first kappa shape index (κ1) is 20.0. The summed E-state index contributed by atoms with van der Waals surface area (Å²) >= 11 is 2.58. The number of benzene rings is 1. The fourth-order valence-electron chi connectivity index (χ4n) is 2.34. The van der Waals surface area contributed by atoms with E-state index in [4.69, 9.17) is 0 Å². The molecular formula is C17H17FN6O2S2. The van der Waals surface area contributed by atoms with E-state index in [9.17, 15) is 14.0 Å². The lowest BCUT2D eigenvalue weighted by atomic mass is 10.2. The zero-order chi connectivity index (χ0) is 19.9. The van der Waals surface area contributed by atoms with Gasteiger partial charge in [0.25, 0.3) is 5.91 Å². The van der Waals surface area contributed by atoms with Crippen molar-refractivity contribution in [1.29, 1.82) is 0 Å². The number of amides is 2. The lowest BCUT2D eigenvalue weighted by molar-refractivity contribution is -0.113. The van der Waals surface area contributed by atoms with Crippen LogP contribution in [0, 0.1) is 5.82 Å². The minimum absolute atomic E-state index is 0.0291. The lowest BCUT2D eigenvalue weighted by Crippen LogP contribution is -2.25. The molecule has 0 aliphatic carbocycles. The van der Waals surface area contributed by atoms with Crippen LogP contribution in [0.1, 0.15) is 23.1 Å². The van der Waals surface area contributed by atoms with Crippen LogP contribution in [0.15, 0.2) is 41.0 Å². The lowest BCUT2D eigenvalue weighted by Gasteiger charge is -2.09. The smallest absolute Gasteiger partial charge is 0.254 e. The molecule has 0 bridgehead atoms. The Morgan fingerprint density at radius 2 is 2.11 bits per heavy atom. The third-order valence-electron chi connectivity index (χ3n) is 3.65. The fourth-order valence-corrected chi connectivity index (χ4v) is 3.71. The number of anilines is 1. The number of aromatic nitrogens is 4. The van der Waals surface area contributed by atoms with Gasteiger partial charge in [-0.25, -0.2) is 9.37 Å². The number of carbonyl (C=O) groups excluding carboxylic acids is 2. The average Bonchev–Trinajstić information content (AvgIpc) is 3.34. The predicted octanol–water partition coefficient (Wildman–Crippen LogP) is 2.55. The van der Waals surface area contributed by atoms with Crippen molar-refractivity contribution in [2.75, 3.05) is 11.1 Å². The van der Waals surface area contributed by atoms with Crippen molar-refractivity contribution in [1.82, 2.24) is 25.1 Å². The van der Waals surface area contributed by atoms with E-state index >= 15 is 0 Å². The summed E-state index contributed by atoms with van der Waals surface area (Å²) in [6.07, 6.45) is 1.61. The largest absolute Gasteiger partial charge is 0.345 e. The molecular weight excluding hydrogens is 403 g/mol. The Hall–Kier alpha value is -2.79. The average molecular weight is 420 g/mol. The summed E-state index contributed by atoms with van der Waals surface area (Å²) in [6, 6.07) is 5.76. The molecule has 0 aliphatic heterocycles. The molecule has 0 saturated carbocycles. The van der Waals surface area contributed by atoms with Crippen molar-refractivity contribution in [2.24, 2.45) is 0 Å². The number of thioether (sulfide) groups is 1. The van der Waals surface area contributed by atoms with Crippen LogP contribution in [-0.4, -0.2) is 37.3 Å². The molecule has 0 spiro atoms. The summed E-state index contributed by atoms with van der Waals surface area (Å²) in [5.41, 5.74) is -0.0291. The molecule has 2 amide bonds. The maximum Gasteiger partial charge on any atom is 0.254 e. The van der Waals surface area contributed by atoms with Crippen molar-refractivity contribution >= 4 is 40.0 Å². The van der Waals surface area contributed by atoms with Crippen LogP contribution in [0.4, 0.5) is 9.52 Å². The Morgan fingerprint density at radius 3 is 2.82 bits per heavy atom. The minimum Gasteiger partial charge on any atom is -0.345 e. The third-order valence-corrected chi connectivity index (χ3v) is 5.30. The van der Waals surface area contributed by atoms with Gasteiger partial charge < -0.3 is 15.2 Å². The van der Waals surface area contributed by atoms with Crippen LogP contribution >= 0.6 is 23.1 Å². The number of nitrogens with one attached hydrogen (secondary N) is 2. The molecule has 3 rings (SSSR count). The van der Waals surface area contributed by atoms with E-state index in [2.05, 4.69) is 25.8 Å². The second-order valence-electron chi connectivity index (χ2n) is 5.48. The Morgan fingerprint density at radius 1 is 1.29 bits per heavy atom. The molecule has 146 valence electrons. The summed E-state index contributed by atoms with van der Waals surface area (Å²) in [7, 11) is 0. The number of hydrogen-bond donors (Lipinski definition) is 2. The van der Waals surface area contributed by atoms with Crippen LogP contribution in [0.25, 0.3) is 0 Å². The van der Waals surface area contributed by atoms with Crippen molar-refractivity contribution in [3.8, 4) is 0 Å². The summed E-state index contributed by atoms with van der Waals surface area (Å²) in [6.45, 7) is 2.57. The molecule has 0 saturated heterocycles. The van der Waals surface area contributed by atoms with Crippen LogP contribution in [0.2, 0.25) is 0 Å². The first-order valence-electron chi connectivity index (χ1n) is 8.35. The Kier molecular flexibility index (Phi) is 6.71. The van der Waals surface area contributed by atoms with Crippen molar-refractivity contribution < 1.29 is 14.0 Å². The zero-order valence-corrected chi connectivity index (χ0v) is 16.5. The second kappa shape index (κ2) is 9.42. The molecule has 28 heavy (non-hydrogen) atoms. The van der Waals surface area contributed by atoms with Gasteiger partial charge >= 0.3 is 0 Å². The van der Waals surface area contributed by atoms with Gasteiger partial charge in [0.2, 0.25) is 5.91 Å². The van der Waals surface area contributed by atoms with Crippen LogP contribution in [0.3, 0.4) is 0 Å². The minimum atomic E-state index is -0.584. The molecule has 2 N–H and O–H groups in total. The van der Waals surface area contributed by atoms with Gasteiger partial charge in [-0.3, -0.25) is 9.59 Å². The molecule has 8 nitrogen and oxygen atoms in total. The van der Waals surface area contributed by atoms with Crippen LogP contribution < -0.4 is 10.6 Å². The van der Waals surface area contributed by atoms with Gasteiger partial charge in [-0.1, -0.05) is 23.9 Å². The highest BCUT2D eigenvalue weighted by molar-refractivity contribution is 7.99. The van der Waals surface area contributed by atoms with Gasteiger partial charge in [-0.2, -0.15) is 0 Å². The molecule has 0 aliphatic rings. The van der Waals surface area contributed by atoms with Gasteiger partial charge in [0, 0.05) is 18.1 Å². The summed E-state index contributed by atoms with van der Waals surface area (Å²) in [5, 5.41) is 16.4. The van der Waals surface area contributed by atoms with E-state index in [1.807, 2.05) is 6.92 Å². The van der Waals surface area contributed by atoms with Gasteiger partial charge in [0.1, 0.15) is 5.82 Å². The first-order valence-corrected chi connectivity index (χ1v) is 10.2. The van der Waals surface area contributed by atoms with E-state index in [-0.39, 0.29) is 23.8 Å². The highest BCUT2D eigenvalue weighted by Crippen LogP contribution is 2.18. The molecule has 2 aromatic heterocycles. The monoisotopic (exact) mass is 420 g/mol. The Bertz CT molecular complexity index is 960. The normalized spacial score (nSPS) is 10.6. The van der Waals surface area contributed by atoms with E-state index in [1.54, 1.807) is 22.2 Å². The van der Waals surface area contributed by atoms with Gasteiger partial charge in [-0.05, 0) is 19.1 Å². The number of rotatable bonds is 8. The van der Waals surface area contributed by atoms with Gasteiger partial charge in [-0.15, -0.1) is 21.5 Å². The maximum atomic E-state index is 13.7. The topological polar surface area (TPSA) is 102 Å². The molecule has 0 fully saturated rings. The zero-order valence-electron chi connectivity index (χ0n) is 14.9. The van der Waals surface area contributed by atoms with Crippen LogP contribution in [-0.2, 0) is 17.9 Å². The van der Waals surface area contributed by atoms with E-state index in [1.165, 1.54) is 41.3 Å². The molecule has 1 aromatic carbocycles. The summed E-state index contributed by atoms with van der Waals surface area (Å²) in [5.74, 6) is -0.630. The highest BCUT2D eigenvalue weighted by Gasteiger charge is 2.16. The SMILES string of the molecule is CCn1c(CNC(=O)c2ccccc2F)nnc1SCC(=O)Nc1nccs1. The maximum absolute atomic E-state index is 13.7. The van der Waals surface area contributed by atoms with Gasteiger partial charge in [0.05, 0.1) is 17.9 Å². The number of hydrogen-bond acceptors (Lipinski definition) is 7. The first-order chi connectivity index (χ1) is 13.6. The molecule has 11 heteroatoms. The summed E-state index contributed by atoms with van der Waals surface area (Å²) < 4.78 is 15.5. The Labute approximate surface area is 168 Å². The van der Waals surface area contributed by atoms with E-state index in [0.717, 1.165) is 0 Å². The quantitative estimate of drug-likeness (QED) is 0.543. The molecule has 0 atom stereocenters. The molecule has 0 radical (unpaired) electrons. The second-order valence-corrected chi connectivity index (χ2v) is 7.32. The van der Waals surface area contributed by atoms with E-state index < -0.39 is 11.7 Å². The number of nitrogens with zero attached hydrogens (tertiary/aromatic N) is 4. The predicted molar refractivity (Wildman–Crippen MR) is 105 cm³/mol. The van der Waals surface area contributed by atoms with Crippen LogP contribution in [0.5, 0.6) is 0 Å². The standard InChI is InChI=1S/C17H17FN6O2S2/c1-2-24-13(9-20-15(26)11-5-3-4-6-12(11)18)22-23-17(24)28-10-14(25)21-16-19-7-8-27-16/h3-8H,2,9-10H2,1H3,(H,20,26)(H,19,21,25). The molecule has 2 heterocycles. The molecule has 3 aromatic rings. The number of thiazole rings is 1. The Balaban J connectivity index is 1.58. The summed E-state index contributed by atoms with van der Waals surface area (Å²) in [4.78, 5) is 28.1. The van der Waals surface area contributed by atoms with Gasteiger partial charge in [0.15, 0.2) is 16.1 Å². The number of halogens is 1. The van der Waals surface area contributed by atoms with Crippen molar-refractivity contribution in [2.45, 2.75) is 25.2 Å². The number of carbonyl (C=O) groups is 2. The third kappa shape index (κ3) is 4.93. The van der Waals surface area contributed by atoms with Crippen molar-refractivity contribution in [3.63, 3.8) is 0 Å². The van der Waals surface area contributed by atoms with E-state index in [0.29, 0.717) is 22.7 Å². The van der Waals surface area contributed by atoms with Crippen molar-refractivity contribution in [3.05, 3.63) is 53.0 Å².